The second-order valence-electron chi connectivity index (χ2n) is 6.28. The van der Waals surface area contributed by atoms with Crippen molar-refractivity contribution in [2.75, 3.05) is 6.61 Å². The van der Waals surface area contributed by atoms with Crippen LogP contribution in [-0.4, -0.2) is 31.2 Å². The lowest BCUT2D eigenvalue weighted by Gasteiger charge is -2.26. The van der Waals surface area contributed by atoms with Gasteiger partial charge in [-0.15, -0.1) is 0 Å². The van der Waals surface area contributed by atoms with Gasteiger partial charge in [-0.1, -0.05) is 60.7 Å². The molecule has 0 aliphatic carbocycles. The Morgan fingerprint density at radius 2 is 1.50 bits per heavy atom. The summed E-state index contributed by atoms with van der Waals surface area (Å²) >= 11 is 0. The van der Waals surface area contributed by atoms with Gasteiger partial charge in [0.15, 0.2) is 6.29 Å². The molecule has 2 bridgehead atoms. The fourth-order valence-corrected chi connectivity index (χ4v) is 3.27. The molecule has 0 unspecified atom stereocenters. The third kappa shape index (κ3) is 3.68. The molecule has 0 radical (unpaired) electrons. The van der Waals surface area contributed by atoms with Crippen molar-refractivity contribution in [3.8, 4) is 0 Å². The summed E-state index contributed by atoms with van der Waals surface area (Å²) in [6.07, 6.45) is 0.644. The van der Waals surface area contributed by atoms with E-state index in [2.05, 4.69) is 24.3 Å². The Balaban J connectivity index is 1.26. The molecular formula is C20H22O4. The van der Waals surface area contributed by atoms with Gasteiger partial charge in [-0.3, -0.25) is 0 Å². The molecule has 2 aliphatic heterocycles. The molecule has 0 amide bonds. The summed E-state index contributed by atoms with van der Waals surface area (Å²) in [7, 11) is 0. The van der Waals surface area contributed by atoms with Crippen LogP contribution in [0.3, 0.4) is 0 Å². The van der Waals surface area contributed by atoms with Crippen molar-refractivity contribution in [1.82, 2.24) is 0 Å². The van der Waals surface area contributed by atoms with Gasteiger partial charge in [0.25, 0.3) is 0 Å². The normalized spacial score (nSPS) is 28.3. The van der Waals surface area contributed by atoms with E-state index in [0.29, 0.717) is 19.8 Å². The van der Waals surface area contributed by atoms with Gasteiger partial charge in [0.1, 0.15) is 12.2 Å². The number of fused-ring (bicyclic) bond motifs is 2. The summed E-state index contributed by atoms with van der Waals surface area (Å²) in [6, 6.07) is 20.4. The van der Waals surface area contributed by atoms with Gasteiger partial charge in [-0.25, -0.2) is 0 Å². The molecule has 4 rings (SSSR count). The lowest BCUT2D eigenvalue weighted by Crippen LogP contribution is -2.40. The zero-order valence-electron chi connectivity index (χ0n) is 13.5. The van der Waals surface area contributed by atoms with E-state index in [9.17, 15) is 0 Å². The average molecular weight is 326 g/mol. The van der Waals surface area contributed by atoms with Crippen molar-refractivity contribution in [2.24, 2.45) is 0 Å². The van der Waals surface area contributed by atoms with Gasteiger partial charge in [0, 0.05) is 6.42 Å². The molecule has 0 N–H and O–H groups in total. The SMILES string of the molecule is c1ccc(COC[C@H]2O[C@@H]3C[C@@H](OCc4ccccc4)[C@H]2O3)cc1. The van der Waals surface area contributed by atoms with Gasteiger partial charge < -0.3 is 18.9 Å². The van der Waals surface area contributed by atoms with E-state index in [-0.39, 0.29) is 24.6 Å². The predicted molar refractivity (Wildman–Crippen MR) is 89.3 cm³/mol. The van der Waals surface area contributed by atoms with Crippen LogP contribution >= 0.6 is 0 Å². The Hall–Kier alpha value is -1.72. The molecule has 0 saturated carbocycles. The average Bonchev–Trinajstić information content (AvgIpc) is 3.22. The van der Waals surface area contributed by atoms with Crippen LogP contribution in [0.4, 0.5) is 0 Å². The van der Waals surface area contributed by atoms with Gasteiger partial charge in [0.2, 0.25) is 0 Å². The molecule has 2 heterocycles. The van der Waals surface area contributed by atoms with Crippen LogP contribution in [0.25, 0.3) is 0 Å². The van der Waals surface area contributed by atoms with Gasteiger partial charge in [0.05, 0.1) is 25.9 Å². The summed E-state index contributed by atoms with van der Waals surface area (Å²) in [5.41, 5.74) is 2.34. The van der Waals surface area contributed by atoms with Crippen LogP contribution in [0.5, 0.6) is 0 Å². The highest BCUT2D eigenvalue weighted by Gasteiger charge is 2.49. The minimum absolute atomic E-state index is 0.0329. The highest BCUT2D eigenvalue weighted by atomic mass is 16.8. The smallest absolute Gasteiger partial charge is 0.161 e. The summed E-state index contributed by atoms with van der Waals surface area (Å²) in [5.74, 6) is 0. The van der Waals surface area contributed by atoms with Crippen molar-refractivity contribution >= 4 is 0 Å². The maximum atomic E-state index is 6.06. The minimum Gasteiger partial charge on any atom is -0.374 e. The molecule has 2 aliphatic rings. The molecule has 126 valence electrons. The Kier molecular flexibility index (Phi) is 4.90. The van der Waals surface area contributed by atoms with Crippen LogP contribution in [0.2, 0.25) is 0 Å². The Labute approximate surface area is 142 Å². The summed E-state index contributed by atoms with van der Waals surface area (Å²) < 4.78 is 23.6. The lowest BCUT2D eigenvalue weighted by atomic mass is 10.1. The van der Waals surface area contributed by atoms with Gasteiger partial charge in [-0.05, 0) is 11.1 Å². The molecule has 0 aromatic heterocycles. The molecule has 24 heavy (non-hydrogen) atoms. The van der Waals surface area contributed by atoms with Gasteiger partial charge >= 0.3 is 0 Å². The van der Waals surface area contributed by atoms with Crippen molar-refractivity contribution in [3.63, 3.8) is 0 Å². The largest absolute Gasteiger partial charge is 0.374 e. The Bertz CT molecular complexity index is 629. The maximum absolute atomic E-state index is 6.06. The number of benzene rings is 2. The van der Waals surface area contributed by atoms with Gasteiger partial charge in [-0.2, -0.15) is 0 Å². The van der Waals surface area contributed by atoms with Crippen molar-refractivity contribution < 1.29 is 18.9 Å². The maximum Gasteiger partial charge on any atom is 0.161 e. The first-order valence-corrected chi connectivity index (χ1v) is 8.46. The van der Waals surface area contributed by atoms with E-state index < -0.39 is 0 Å². The van der Waals surface area contributed by atoms with Crippen LogP contribution < -0.4 is 0 Å². The van der Waals surface area contributed by atoms with E-state index in [0.717, 1.165) is 6.42 Å². The van der Waals surface area contributed by atoms with Crippen LogP contribution in [0.1, 0.15) is 17.5 Å². The monoisotopic (exact) mass is 326 g/mol. The lowest BCUT2D eigenvalue weighted by molar-refractivity contribution is -0.0957. The summed E-state index contributed by atoms with van der Waals surface area (Å²) in [6.45, 7) is 1.73. The Morgan fingerprint density at radius 3 is 2.17 bits per heavy atom. The molecule has 2 fully saturated rings. The quantitative estimate of drug-likeness (QED) is 0.782. The van der Waals surface area contributed by atoms with Crippen LogP contribution in [0, 0.1) is 0 Å². The minimum atomic E-state index is -0.152. The van der Waals surface area contributed by atoms with E-state index in [4.69, 9.17) is 18.9 Å². The fourth-order valence-electron chi connectivity index (χ4n) is 3.27. The molecule has 2 aromatic rings. The Morgan fingerprint density at radius 1 is 0.833 bits per heavy atom. The molecule has 0 spiro atoms. The van der Waals surface area contributed by atoms with E-state index >= 15 is 0 Å². The second kappa shape index (κ2) is 7.45. The first-order valence-electron chi connectivity index (χ1n) is 8.46. The van der Waals surface area contributed by atoms with Crippen LogP contribution in [0.15, 0.2) is 60.7 Å². The first-order chi connectivity index (χ1) is 11.9. The highest BCUT2D eigenvalue weighted by Crippen LogP contribution is 2.36. The van der Waals surface area contributed by atoms with E-state index in [1.807, 2.05) is 36.4 Å². The second-order valence-corrected chi connectivity index (χ2v) is 6.28. The van der Waals surface area contributed by atoms with E-state index in [1.165, 1.54) is 11.1 Å². The third-order valence-electron chi connectivity index (χ3n) is 4.49. The van der Waals surface area contributed by atoms with Crippen molar-refractivity contribution in [1.29, 1.82) is 0 Å². The molecule has 4 heteroatoms. The molecular weight excluding hydrogens is 304 g/mol. The number of rotatable bonds is 7. The van der Waals surface area contributed by atoms with Crippen LogP contribution in [-0.2, 0) is 32.2 Å². The zero-order valence-corrected chi connectivity index (χ0v) is 13.5. The number of ether oxygens (including phenoxy) is 4. The first kappa shape index (κ1) is 15.8. The molecule has 4 atom stereocenters. The summed E-state index contributed by atoms with van der Waals surface area (Å²) in [5, 5.41) is 0. The van der Waals surface area contributed by atoms with E-state index in [1.54, 1.807) is 0 Å². The fraction of sp³-hybridized carbons (Fsp3) is 0.400. The number of hydrogen-bond donors (Lipinski definition) is 0. The van der Waals surface area contributed by atoms with Crippen molar-refractivity contribution in [2.45, 2.75) is 44.2 Å². The van der Waals surface area contributed by atoms with Crippen molar-refractivity contribution in [3.05, 3.63) is 71.8 Å². The molecule has 2 saturated heterocycles. The molecule has 4 nitrogen and oxygen atoms in total. The number of hydrogen-bond acceptors (Lipinski definition) is 4. The zero-order chi connectivity index (χ0) is 16.2. The predicted octanol–water partition coefficient (Wildman–Crippen LogP) is 3.30. The topological polar surface area (TPSA) is 36.9 Å². The standard InChI is InChI=1S/C20H22O4/c1-3-7-15(8-4-1)12-21-14-18-20-17(11-19(23-18)24-20)22-13-16-9-5-2-6-10-16/h1-10,17-20H,11-14H2/t17-,18-,19+,20-/m1/s1. The summed E-state index contributed by atoms with van der Waals surface area (Å²) in [4.78, 5) is 0. The third-order valence-corrected chi connectivity index (χ3v) is 4.49. The molecule has 2 aromatic carbocycles. The highest BCUT2D eigenvalue weighted by molar-refractivity contribution is 5.14.